The summed E-state index contributed by atoms with van der Waals surface area (Å²) in [5, 5.41) is 2.30. The Labute approximate surface area is 234 Å². The second kappa shape index (κ2) is 12.1. The Balaban J connectivity index is 1.41. The minimum Gasteiger partial charge on any atom is -0.493 e. The topological polar surface area (TPSA) is 49.0 Å². The van der Waals surface area contributed by atoms with Crippen molar-refractivity contribution in [1.29, 1.82) is 0 Å². The fourth-order valence-corrected chi connectivity index (χ4v) is 4.64. The number of hydroxylamine groups is 1. The first-order valence-electron chi connectivity index (χ1n) is 13.8. The van der Waals surface area contributed by atoms with E-state index in [1.165, 1.54) is 12.1 Å². The molecule has 0 saturated carbocycles. The summed E-state index contributed by atoms with van der Waals surface area (Å²) in [7, 11) is 0. The highest BCUT2D eigenvalue weighted by Gasteiger charge is 2.41. The monoisotopic (exact) mass is 559 g/mol. The lowest BCUT2D eigenvalue weighted by Crippen LogP contribution is -2.60. The van der Waals surface area contributed by atoms with Crippen LogP contribution < -0.4 is 10.2 Å². The second-order valence-electron chi connectivity index (χ2n) is 12.0. The summed E-state index contributed by atoms with van der Waals surface area (Å²) >= 11 is 0. The minimum absolute atomic E-state index is 0.149. The Morgan fingerprint density at radius 3 is 2.30 bits per heavy atom. The average molecular weight is 560 g/mol. The highest BCUT2D eigenvalue weighted by Crippen LogP contribution is 2.38. The zero-order valence-electron chi connectivity index (χ0n) is 24.0. The van der Waals surface area contributed by atoms with Gasteiger partial charge in [-0.15, -0.1) is 0 Å². The molecule has 1 heterocycles. The quantitative estimate of drug-likeness (QED) is 0.204. The smallest absolute Gasteiger partial charge is 0.419 e. The van der Waals surface area contributed by atoms with Crippen molar-refractivity contribution in [2.45, 2.75) is 83.4 Å². The molecule has 5 nitrogen and oxygen atoms in total. The first-order valence-corrected chi connectivity index (χ1v) is 13.8. The molecule has 1 aliphatic rings. The van der Waals surface area contributed by atoms with Crippen molar-refractivity contribution in [3.05, 3.63) is 77.4 Å². The molecule has 0 aliphatic carbocycles. The Morgan fingerprint density at radius 1 is 0.900 bits per heavy atom. The maximum absolute atomic E-state index is 14.0. The van der Waals surface area contributed by atoms with Crippen LogP contribution in [0.4, 0.5) is 13.2 Å². The Morgan fingerprint density at radius 2 is 1.60 bits per heavy atom. The van der Waals surface area contributed by atoms with E-state index in [1.54, 1.807) is 6.07 Å². The van der Waals surface area contributed by atoms with E-state index in [9.17, 15) is 13.2 Å². The number of hydrogen-bond donors (Lipinski definition) is 1. The number of fused-ring (bicyclic) bond motifs is 1. The van der Waals surface area contributed by atoms with E-state index in [0.717, 1.165) is 16.3 Å². The van der Waals surface area contributed by atoms with Crippen molar-refractivity contribution in [2.24, 2.45) is 0 Å². The van der Waals surface area contributed by atoms with Gasteiger partial charge in [0.2, 0.25) is 0 Å². The number of halogens is 3. The van der Waals surface area contributed by atoms with E-state index in [1.807, 2.05) is 52.8 Å². The van der Waals surface area contributed by atoms with Crippen LogP contribution in [0.2, 0.25) is 0 Å². The maximum atomic E-state index is 14.0. The van der Waals surface area contributed by atoms with Crippen LogP contribution in [0.1, 0.15) is 64.2 Å². The van der Waals surface area contributed by atoms with Crippen LogP contribution in [0.3, 0.4) is 0 Å². The van der Waals surface area contributed by atoms with Gasteiger partial charge in [-0.05, 0) is 94.3 Å². The van der Waals surface area contributed by atoms with Crippen LogP contribution in [0.15, 0.2) is 60.7 Å². The third-order valence-electron chi connectivity index (χ3n) is 6.94. The molecule has 4 rings (SSSR count). The molecule has 8 heteroatoms. The number of benzene rings is 3. The number of nitrogens with one attached hydrogen (secondary N) is 1. The summed E-state index contributed by atoms with van der Waals surface area (Å²) < 4.78 is 59.5. The molecule has 0 amide bonds. The highest BCUT2D eigenvalue weighted by molar-refractivity contribution is 5.85. The normalized spacial score (nSPS) is 17.2. The Bertz CT molecular complexity index is 1270. The molecular weight excluding hydrogens is 519 g/mol. The predicted molar refractivity (Wildman–Crippen MR) is 150 cm³/mol. The van der Waals surface area contributed by atoms with E-state index in [4.69, 9.17) is 19.0 Å². The summed E-state index contributed by atoms with van der Waals surface area (Å²) in [6.07, 6.45) is -2.38. The molecule has 3 aromatic carbocycles. The second-order valence-corrected chi connectivity index (χ2v) is 12.0. The van der Waals surface area contributed by atoms with Crippen molar-refractivity contribution >= 4 is 10.8 Å². The third-order valence-corrected chi connectivity index (χ3v) is 6.94. The van der Waals surface area contributed by atoms with Crippen molar-refractivity contribution in [3.63, 3.8) is 0 Å². The summed E-state index contributed by atoms with van der Waals surface area (Å²) in [5.74, 6) is -0.882. The van der Waals surface area contributed by atoms with E-state index in [2.05, 4.69) is 29.7 Å². The van der Waals surface area contributed by atoms with Crippen LogP contribution in [0.25, 0.3) is 10.8 Å². The zero-order valence-corrected chi connectivity index (χ0v) is 24.0. The van der Waals surface area contributed by atoms with Crippen LogP contribution >= 0.6 is 0 Å². The van der Waals surface area contributed by atoms with Gasteiger partial charge in [0.25, 0.3) is 0 Å². The van der Waals surface area contributed by atoms with Crippen LogP contribution in [-0.2, 0) is 33.3 Å². The Kier molecular flexibility index (Phi) is 9.15. The first-order chi connectivity index (χ1) is 18.8. The molecule has 1 aliphatic heterocycles. The molecule has 3 aromatic rings. The maximum Gasteiger partial charge on any atom is 0.419 e. The van der Waals surface area contributed by atoms with Gasteiger partial charge in [0, 0.05) is 0 Å². The zero-order chi connectivity index (χ0) is 29.0. The molecule has 40 heavy (non-hydrogen) atoms. The van der Waals surface area contributed by atoms with Gasteiger partial charge in [0.1, 0.15) is 5.75 Å². The summed E-state index contributed by atoms with van der Waals surface area (Å²) in [6, 6.07) is 18.5. The van der Waals surface area contributed by atoms with Gasteiger partial charge in [-0.25, -0.2) is 0 Å². The van der Waals surface area contributed by atoms with Gasteiger partial charge in [-0.3, -0.25) is 4.84 Å². The summed E-state index contributed by atoms with van der Waals surface area (Å²) in [6.45, 7) is 10.2. The molecule has 1 saturated heterocycles. The lowest BCUT2D eigenvalue weighted by Gasteiger charge is -2.44. The van der Waals surface area contributed by atoms with E-state index in [0.29, 0.717) is 44.5 Å². The van der Waals surface area contributed by atoms with Gasteiger partial charge in [-0.1, -0.05) is 48.5 Å². The molecule has 0 aromatic heterocycles. The van der Waals surface area contributed by atoms with Gasteiger partial charge >= 0.3 is 6.18 Å². The van der Waals surface area contributed by atoms with E-state index in [-0.39, 0.29) is 12.4 Å². The number of aryl methyl sites for hydroxylation is 2. The van der Waals surface area contributed by atoms with Crippen LogP contribution in [0, 0.1) is 0 Å². The number of rotatable bonds is 10. The lowest BCUT2D eigenvalue weighted by molar-refractivity contribution is -0.291. The van der Waals surface area contributed by atoms with Crippen LogP contribution in [0.5, 0.6) is 5.75 Å². The molecule has 218 valence electrons. The molecular formula is C32H40F3NO4. The molecule has 0 radical (unpaired) electrons. The van der Waals surface area contributed by atoms with Gasteiger partial charge in [-0.2, -0.15) is 18.7 Å². The van der Waals surface area contributed by atoms with Crippen LogP contribution in [-0.4, -0.2) is 36.7 Å². The summed E-state index contributed by atoms with van der Waals surface area (Å²) in [5.41, 5.74) is 2.89. The SMILES string of the molecule is CC(C)(C)ONC1(CCc2ccc(OCCCc3cccc4ccccc34)c(C(F)(F)F)c2)COC(C)(C)OC1. The largest absolute Gasteiger partial charge is 0.493 e. The summed E-state index contributed by atoms with van der Waals surface area (Å²) in [4.78, 5) is 5.83. The molecule has 0 unspecified atom stereocenters. The molecule has 1 fully saturated rings. The van der Waals surface area contributed by atoms with Gasteiger partial charge in [0.05, 0.1) is 36.5 Å². The molecule has 1 N–H and O–H groups in total. The molecule has 0 bridgehead atoms. The highest BCUT2D eigenvalue weighted by atomic mass is 19.4. The predicted octanol–water partition coefficient (Wildman–Crippen LogP) is 7.64. The molecule has 0 spiro atoms. The van der Waals surface area contributed by atoms with E-state index >= 15 is 0 Å². The van der Waals surface area contributed by atoms with Crippen molar-refractivity contribution in [1.82, 2.24) is 5.48 Å². The average Bonchev–Trinajstić information content (AvgIpc) is 2.89. The number of ether oxygens (including phenoxy) is 3. The lowest BCUT2D eigenvalue weighted by atomic mass is 9.91. The molecule has 0 atom stereocenters. The standard InChI is InChI=1S/C32H40F3NO4/c1-29(2,3)40-36-31(21-38-30(4,5)39-22-31)18-17-23-15-16-28(27(20-23)32(33,34)35)37-19-9-13-25-12-8-11-24-10-6-7-14-26(24)25/h6-8,10-12,14-16,20,36H,9,13,17-19,21-22H2,1-5H3. The third kappa shape index (κ3) is 8.19. The first kappa shape index (κ1) is 30.3. The fraction of sp³-hybridized carbons (Fsp3) is 0.500. The van der Waals surface area contributed by atoms with Gasteiger partial charge in [0.15, 0.2) is 5.79 Å². The fourth-order valence-electron chi connectivity index (χ4n) is 4.64. The Hall–Kier alpha value is -2.65. The number of hydrogen-bond acceptors (Lipinski definition) is 5. The van der Waals surface area contributed by atoms with Crippen molar-refractivity contribution in [2.75, 3.05) is 19.8 Å². The number of alkyl halides is 3. The minimum atomic E-state index is -4.53. The van der Waals surface area contributed by atoms with Gasteiger partial charge < -0.3 is 14.2 Å². The van der Waals surface area contributed by atoms with Crippen molar-refractivity contribution in [3.8, 4) is 5.75 Å². The van der Waals surface area contributed by atoms with Crippen molar-refractivity contribution < 1.29 is 32.2 Å². The van der Waals surface area contributed by atoms with E-state index < -0.39 is 28.7 Å².